The molecular weight excluding hydrogens is 383 g/mol. The molecule has 0 saturated heterocycles. The van der Waals surface area contributed by atoms with Crippen molar-refractivity contribution in [1.29, 1.82) is 0 Å². The van der Waals surface area contributed by atoms with E-state index in [1.165, 1.54) is 18.2 Å². The summed E-state index contributed by atoms with van der Waals surface area (Å²) in [6.45, 7) is 6.86. The zero-order valence-electron chi connectivity index (χ0n) is 15.9. The average molecular weight is 403 g/mol. The lowest BCUT2D eigenvalue weighted by atomic mass is 10.1. The Morgan fingerprint density at radius 2 is 2.11 bits per heavy atom. The van der Waals surface area contributed by atoms with Crippen molar-refractivity contribution in [3.8, 4) is 5.75 Å². The Morgan fingerprint density at radius 1 is 1.32 bits per heavy atom. The van der Waals surface area contributed by atoms with Crippen molar-refractivity contribution in [2.75, 3.05) is 6.61 Å². The van der Waals surface area contributed by atoms with Crippen molar-refractivity contribution < 1.29 is 13.9 Å². The van der Waals surface area contributed by atoms with Crippen molar-refractivity contribution in [2.24, 2.45) is 0 Å². The molecule has 1 aliphatic heterocycles. The topological polar surface area (TPSA) is 59.7 Å². The van der Waals surface area contributed by atoms with E-state index in [0.717, 1.165) is 29.1 Å². The lowest BCUT2D eigenvalue weighted by molar-refractivity contribution is 0.0745. The maximum Gasteiger partial charge on any atom is 0.258 e. The van der Waals surface area contributed by atoms with Gasteiger partial charge in [0.2, 0.25) is 0 Å². The van der Waals surface area contributed by atoms with E-state index in [1.54, 1.807) is 9.42 Å². The van der Waals surface area contributed by atoms with Crippen LogP contribution in [0.15, 0.2) is 18.2 Å². The van der Waals surface area contributed by atoms with Crippen LogP contribution in [0.2, 0.25) is 5.02 Å². The number of carbonyl (C=O) groups excluding carboxylic acids is 1. The summed E-state index contributed by atoms with van der Waals surface area (Å²) >= 11 is 6.28. The molecule has 0 fully saturated rings. The fourth-order valence-corrected chi connectivity index (χ4v) is 3.55. The summed E-state index contributed by atoms with van der Waals surface area (Å²) < 4.78 is 20.9. The number of rotatable bonds is 4. The average Bonchev–Trinajstić information content (AvgIpc) is 3.23. The van der Waals surface area contributed by atoms with Gasteiger partial charge in [-0.15, -0.1) is 0 Å². The van der Waals surface area contributed by atoms with Crippen molar-refractivity contribution in [2.45, 2.75) is 40.3 Å². The van der Waals surface area contributed by atoms with Gasteiger partial charge in [-0.25, -0.2) is 13.9 Å². The normalized spacial score (nSPS) is 13.2. The molecule has 6 nitrogen and oxygen atoms in total. The van der Waals surface area contributed by atoms with E-state index in [4.69, 9.17) is 16.3 Å². The third-order valence-corrected chi connectivity index (χ3v) is 5.43. The quantitative estimate of drug-likeness (QED) is 0.659. The van der Waals surface area contributed by atoms with Gasteiger partial charge in [-0.1, -0.05) is 18.5 Å². The van der Waals surface area contributed by atoms with E-state index in [2.05, 4.69) is 10.1 Å². The maximum atomic E-state index is 13.6. The van der Waals surface area contributed by atoms with E-state index >= 15 is 0 Å². The number of ether oxygens (including phenoxy) is 1. The molecule has 1 aromatic carbocycles. The van der Waals surface area contributed by atoms with Crippen LogP contribution >= 0.6 is 11.6 Å². The number of fused-ring (bicyclic) bond motifs is 3. The highest BCUT2D eigenvalue weighted by Crippen LogP contribution is 2.31. The van der Waals surface area contributed by atoms with Crippen molar-refractivity contribution >= 4 is 23.2 Å². The Morgan fingerprint density at radius 3 is 2.86 bits per heavy atom. The van der Waals surface area contributed by atoms with E-state index in [9.17, 15) is 9.18 Å². The maximum absolute atomic E-state index is 13.6. The van der Waals surface area contributed by atoms with Crippen LogP contribution in [-0.4, -0.2) is 32.0 Å². The van der Waals surface area contributed by atoms with Gasteiger partial charge in [0.1, 0.15) is 11.6 Å². The molecule has 0 bridgehead atoms. The van der Waals surface area contributed by atoms with Gasteiger partial charge >= 0.3 is 0 Å². The Bertz CT molecular complexity index is 1100. The molecule has 0 unspecified atom stereocenters. The standard InChI is InChI=1S/C20H20ClFN4O2/c1-4-7-28-17-8-13(22)5-6-14(17)20(27)25-9-15-16(10-25)24-26-12(3)18(21)11(2)23-19(15)26/h5-6,8H,4,7,9-10H2,1-3H3. The van der Waals surface area contributed by atoms with Crippen LogP contribution in [0.1, 0.15) is 46.3 Å². The SMILES string of the molecule is CCCOc1cc(F)ccc1C(=O)N1Cc2nn3c(C)c(Cl)c(C)nc3c2C1. The van der Waals surface area contributed by atoms with Crippen molar-refractivity contribution in [3.63, 3.8) is 0 Å². The summed E-state index contributed by atoms with van der Waals surface area (Å²) in [5.41, 5.74) is 4.32. The molecule has 0 atom stereocenters. The highest BCUT2D eigenvalue weighted by molar-refractivity contribution is 6.31. The third kappa shape index (κ3) is 2.99. The fraction of sp³-hybridized carbons (Fsp3) is 0.350. The first-order valence-corrected chi connectivity index (χ1v) is 9.53. The van der Waals surface area contributed by atoms with Gasteiger partial charge in [0, 0.05) is 11.6 Å². The first-order valence-electron chi connectivity index (χ1n) is 9.15. The minimum absolute atomic E-state index is 0.218. The number of hydrogen-bond acceptors (Lipinski definition) is 4. The lowest BCUT2D eigenvalue weighted by Crippen LogP contribution is -2.26. The molecule has 8 heteroatoms. The van der Waals surface area contributed by atoms with E-state index < -0.39 is 5.82 Å². The highest BCUT2D eigenvalue weighted by atomic mass is 35.5. The Labute approximate surface area is 166 Å². The molecule has 28 heavy (non-hydrogen) atoms. The van der Waals surface area contributed by atoms with Crippen molar-refractivity contribution in [1.82, 2.24) is 19.5 Å². The number of halogens is 2. The number of carbonyl (C=O) groups is 1. The Hall–Kier alpha value is -2.67. The summed E-state index contributed by atoms with van der Waals surface area (Å²) in [6, 6.07) is 4.00. The summed E-state index contributed by atoms with van der Waals surface area (Å²) in [4.78, 5) is 19.3. The minimum atomic E-state index is -0.433. The second-order valence-corrected chi connectivity index (χ2v) is 7.29. The second-order valence-electron chi connectivity index (χ2n) is 6.91. The Balaban J connectivity index is 1.66. The second kappa shape index (κ2) is 7.05. The van der Waals surface area contributed by atoms with E-state index in [1.807, 2.05) is 20.8 Å². The Kier molecular flexibility index (Phi) is 4.71. The molecule has 0 saturated carbocycles. The predicted octanol–water partition coefficient (Wildman–Crippen LogP) is 4.08. The largest absolute Gasteiger partial charge is 0.493 e. The molecule has 0 spiro atoms. The lowest BCUT2D eigenvalue weighted by Gasteiger charge is -2.18. The van der Waals surface area contributed by atoms with E-state index in [-0.39, 0.29) is 11.7 Å². The third-order valence-electron chi connectivity index (χ3n) is 4.88. The zero-order valence-corrected chi connectivity index (χ0v) is 16.7. The molecule has 0 N–H and O–H groups in total. The monoisotopic (exact) mass is 402 g/mol. The molecule has 3 heterocycles. The fourth-order valence-electron chi connectivity index (χ4n) is 3.43. The minimum Gasteiger partial charge on any atom is -0.493 e. The molecule has 1 aliphatic rings. The van der Waals surface area contributed by atoms with Crippen LogP contribution in [0, 0.1) is 19.7 Å². The number of amides is 1. The zero-order chi connectivity index (χ0) is 20.0. The van der Waals surface area contributed by atoms with Gasteiger partial charge in [-0.2, -0.15) is 5.10 Å². The van der Waals surface area contributed by atoms with Gasteiger partial charge < -0.3 is 9.64 Å². The number of nitrogens with zero attached hydrogens (tertiary/aromatic N) is 4. The van der Waals surface area contributed by atoms with Crippen LogP contribution in [-0.2, 0) is 13.1 Å². The molecule has 146 valence electrons. The van der Waals surface area contributed by atoms with Crippen LogP contribution in [0.3, 0.4) is 0 Å². The van der Waals surface area contributed by atoms with Crippen molar-refractivity contribution in [3.05, 3.63) is 57.2 Å². The molecule has 0 radical (unpaired) electrons. The summed E-state index contributed by atoms with van der Waals surface area (Å²) in [5, 5.41) is 5.18. The highest BCUT2D eigenvalue weighted by Gasteiger charge is 2.31. The summed E-state index contributed by atoms with van der Waals surface area (Å²) in [6.07, 6.45) is 0.767. The summed E-state index contributed by atoms with van der Waals surface area (Å²) in [7, 11) is 0. The first kappa shape index (κ1) is 18.7. The number of aromatic nitrogens is 3. The molecule has 1 amide bonds. The van der Waals surface area contributed by atoms with Crippen LogP contribution < -0.4 is 4.74 Å². The molecular formula is C20H20ClFN4O2. The van der Waals surface area contributed by atoms with Gasteiger partial charge in [0.05, 0.1) is 47.4 Å². The molecule has 0 aliphatic carbocycles. The number of benzene rings is 1. The smallest absolute Gasteiger partial charge is 0.258 e. The number of aryl methyl sites for hydroxylation is 2. The molecule has 3 aromatic rings. The molecule has 2 aromatic heterocycles. The van der Waals surface area contributed by atoms with Gasteiger partial charge in [0.15, 0.2) is 5.65 Å². The van der Waals surface area contributed by atoms with Crippen LogP contribution in [0.25, 0.3) is 5.65 Å². The summed E-state index contributed by atoms with van der Waals surface area (Å²) in [5.74, 6) is -0.385. The van der Waals surface area contributed by atoms with Gasteiger partial charge in [-0.3, -0.25) is 4.79 Å². The first-order chi connectivity index (χ1) is 13.4. The van der Waals surface area contributed by atoms with Gasteiger partial charge in [0.25, 0.3) is 5.91 Å². The van der Waals surface area contributed by atoms with Crippen LogP contribution in [0.4, 0.5) is 4.39 Å². The van der Waals surface area contributed by atoms with Gasteiger partial charge in [-0.05, 0) is 32.4 Å². The number of hydrogen-bond donors (Lipinski definition) is 0. The van der Waals surface area contributed by atoms with Crippen LogP contribution in [0.5, 0.6) is 5.75 Å². The van der Waals surface area contributed by atoms with E-state index in [0.29, 0.717) is 35.9 Å². The molecule has 4 rings (SSSR count). The predicted molar refractivity (Wildman–Crippen MR) is 103 cm³/mol.